The van der Waals surface area contributed by atoms with Crippen LogP contribution in [0, 0.1) is 11.8 Å². The van der Waals surface area contributed by atoms with Crippen molar-refractivity contribution in [1.29, 1.82) is 0 Å². The predicted octanol–water partition coefficient (Wildman–Crippen LogP) is 5.68. The molecule has 0 saturated heterocycles. The summed E-state index contributed by atoms with van der Waals surface area (Å²) in [6.07, 6.45) is 12.7. The van der Waals surface area contributed by atoms with E-state index in [9.17, 15) is 4.39 Å². The lowest BCUT2D eigenvalue weighted by Gasteiger charge is -2.23. The van der Waals surface area contributed by atoms with Crippen molar-refractivity contribution in [3.05, 3.63) is 12.2 Å². The second-order valence-electron chi connectivity index (χ2n) is 5.95. The minimum Gasteiger partial charge on any atom is -0.251 e. The molecule has 0 aromatic carbocycles. The van der Waals surface area contributed by atoms with Gasteiger partial charge >= 0.3 is 0 Å². The van der Waals surface area contributed by atoms with Gasteiger partial charge in [-0.2, -0.15) is 0 Å². The van der Waals surface area contributed by atoms with E-state index in [1.165, 1.54) is 56.9 Å². The van der Waals surface area contributed by atoms with Crippen molar-refractivity contribution in [1.82, 2.24) is 0 Å². The summed E-state index contributed by atoms with van der Waals surface area (Å²) in [5.74, 6) is 1.29. The molecule has 0 spiro atoms. The molecule has 0 unspecified atom stereocenters. The molecule has 1 rings (SSSR count). The van der Waals surface area contributed by atoms with Crippen LogP contribution in [0.2, 0.25) is 0 Å². The molecule has 0 nitrogen and oxygen atoms in total. The zero-order chi connectivity index (χ0) is 12.5. The van der Waals surface area contributed by atoms with Crippen LogP contribution >= 0.6 is 0 Å². The molecule has 1 saturated carbocycles. The SMILES string of the molecule is C=C(C)CCCCC1CCCC(CF)CCC1. The van der Waals surface area contributed by atoms with Gasteiger partial charge in [-0.15, -0.1) is 6.58 Å². The lowest BCUT2D eigenvalue weighted by Crippen LogP contribution is -2.11. The van der Waals surface area contributed by atoms with Gasteiger partial charge < -0.3 is 0 Å². The van der Waals surface area contributed by atoms with E-state index in [1.54, 1.807) is 0 Å². The summed E-state index contributed by atoms with van der Waals surface area (Å²) in [6.45, 7) is 5.97. The van der Waals surface area contributed by atoms with E-state index in [-0.39, 0.29) is 6.67 Å². The van der Waals surface area contributed by atoms with Gasteiger partial charge in [-0.1, -0.05) is 44.1 Å². The molecule has 0 atom stereocenters. The molecule has 0 aliphatic heterocycles. The van der Waals surface area contributed by atoms with Crippen LogP contribution in [0.25, 0.3) is 0 Å². The number of allylic oxidation sites excluding steroid dienone is 1. The Kier molecular flexibility index (Phi) is 7.55. The quantitative estimate of drug-likeness (QED) is 0.414. The van der Waals surface area contributed by atoms with Crippen molar-refractivity contribution in [3.8, 4) is 0 Å². The molecule has 1 heteroatoms. The number of alkyl halides is 1. The number of hydrogen-bond donors (Lipinski definition) is 0. The Morgan fingerprint density at radius 3 is 2.18 bits per heavy atom. The first-order chi connectivity index (χ1) is 8.22. The number of unbranched alkanes of at least 4 members (excludes halogenated alkanes) is 1. The molecular formula is C16H29F. The van der Waals surface area contributed by atoms with Crippen molar-refractivity contribution in [2.24, 2.45) is 11.8 Å². The van der Waals surface area contributed by atoms with Crippen LogP contribution in [0.3, 0.4) is 0 Å². The fourth-order valence-corrected chi connectivity index (χ4v) is 2.98. The Labute approximate surface area is 107 Å². The Bertz CT molecular complexity index is 200. The molecule has 100 valence electrons. The van der Waals surface area contributed by atoms with Gasteiger partial charge in [0.15, 0.2) is 0 Å². The van der Waals surface area contributed by atoms with Gasteiger partial charge in [0.05, 0.1) is 6.67 Å². The van der Waals surface area contributed by atoms with Crippen molar-refractivity contribution in [2.75, 3.05) is 6.67 Å². The van der Waals surface area contributed by atoms with Gasteiger partial charge in [-0.3, -0.25) is 4.39 Å². The van der Waals surface area contributed by atoms with Crippen LogP contribution in [-0.4, -0.2) is 6.67 Å². The van der Waals surface area contributed by atoms with E-state index < -0.39 is 0 Å². The van der Waals surface area contributed by atoms with E-state index in [4.69, 9.17) is 0 Å². The highest BCUT2D eigenvalue weighted by atomic mass is 19.1. The zero-order valence-corrected chi connectivity index (χ0v) is 11.5. The molecule has 0 bridgehead atoms. The van der Waals surface area contributed by atoms with E-state index >= 15 is 0 Å². The van der Waals surface area contributed by atoms with Crippen molar-refractivity contribution >= 4 is 0 Å². The van der Waals surface area contributed by atoms with Gasteiger partial charge in [0.2, 0.25) is 0 Å². The largest absolute Gasteiger partial charge is 0.251 e. The third kappa shape index (κ3) is 6.85. The summed E-state index contributed by atoms with van der Waals surface area (Å²) < 4.78 is 12.6. The average molecular weight is 240 g/mol. The number of rotatable bonds is 6. The standard InChI is InChI=1S/C16H29F/c1-14(2)7-3-4-8-15-9-5-11-16(13-17)12-6-10-15/h15-16H,1,3-13H2,2H3. The Hall–Kier alpha value is -0.330. The van der Waals surface area contributed by atoms with Crippen LogP contribution in [0.5, 0.6) is 0 Å². The van der Waals surface area contributed by atoms with Crippen LogP contribution in [-0.2, 0) is 0 Å². The maximum atomic E-state index is 12.6. The molecule has 17 heavy (non-hydrogen) atoms. The summed E-state index contributed by atoms with van der Waals surface area (Å²) >= 11 is 0. The van der Waals surface area contributed by atoms with E-state index in [2.05, 4.69) is 13.5 Å². The van der Waals surface area contributed by atoms with E-state index in [1.807, 2.05) is 0 Å². The Morgan fingerprint density at radius 1 is 1.06 bits per heavy atom. The summed E-state index contributed by atoms with van der Waals surface area (Å²) in [5.41, 5.74) is 1.31. The van der Waals surface area contributed by atoms with E-state index in [0.717, 1.165) is 18.8 Å². The molecule has 0 aromatic rings. The summed E-state index contributed by atoms with van der Waals surface area (Å²) in [5, 5.41) is 0. The zero-order valence-electron chi connectivity index (χ0n) is 11.5. The van der Waals surface area contributed by atoms with Gasteiger partial charge in [0, 0.05) is 0 Å². The Balaban J connectivity index is 2.11. The minimum absolute atomic E-state index is 0.0940. The van der Waals surface area contributed by atoms with Gasteiger partial charge in [0.1, 0.15) is 0 Å². The third-order valence-corrected chi connectivity index (χ3v) is 4.13. The topological polar surface area (TPSA) is 0 Å². The lowest BCUT2D eigenvalue weighted by atomic mass is 9.84. The van der Waals surface area contributed by atoms with Crippen LogP contribution in [0.15, 0.2) is 12.2 Å². The van der Waals surface area contributed by atoms with Crippen molar-refractivity contribution in [2.45, 2.75) is 71.1 Å². The highest BCUT2D eigenvalue weighted by molar-refractivity contribution is 4.87. The summed E-state index contributed by atoms with van der Waals surface area (Å²) in [7, 11) is 0. The molecule has 1 fully saturated rings. The smallest absolute Gasteiger partial charge is 0.0922 e. The fraction of sp³-hybridized carbons (Fsp3) is 0.875. The second kappa shape index (κ2) is 8.72. The van der Waals surface area contributed by atoms with Gasteiger partial charge in [-0.05, 0) is 44.4 Å². The first kappa shape index (κ1) is 14.7. The number of halogens is 1. The molecule has 0 radical (unpaired) electrons. The van der Waals surface area contributed by atoms with Crippen LogP contribution < -0.4 is 0 Å². The summed E-state index contributed by atoms with van der Waals surface area (Å²) in [6, 6.07) is 0. The monoisotopic (exact) mass is 240 g/mol. The normalized spacial score (nSPS) is 26.2. The first-order valence-corrected chi connectivity index (χ1v) is 7.42. The lowest BCUT2D eigenvalue weighted by molar-refractivity contribution is 0.260. The molecule has 1 aliphatic carbocycles. The van der Waals surface area contributed by atoms with E-state index in [0.29, 0.717) is 5.92 Å². The van der Waals surface area contributed by atoms with Crippen molar-refractivity contribution in [3.63, 3.8) is 0 Å². The second-order valence-corrected chi connectivity index (χ2v) is 5.95. The van der Waals surface area contributed by atoms with Crippen LogP contribution in [0.1, 0.15) is 71.1 Å². The fourth-order valence-electron chi connectivity index (χ4n) is 2.98. The maximum absolute atomic E-state index is 12.6. The third-order valence-electron chi connectivity index (χ3n) is 4.13. The first-order valence-electron chi connectivity index (χ1n) is 7.42. The van der Waals surface area contributed by atoms with Gasteiger partial charge in [0.25, 0.3) is 0 Å². The highest BCUT2D eigenvalue weighted by Gasteiger charge is 2.16. The maximum Gasteiger partial charge on any atom is 0.0922 e. The molecule has 0 amide bonds. The van der Waals surface area contributed by atoms with Crippen LogP contribution in [0.4, 0.5) is 4.39 Å². The highest BCUT2D eigenvalue weighted by Crippen LogP contribution is 2.29. The molecule has 0 N–H and O–H groups in total. The summed E-state index contributed by atoms with van der Waals surface area (Å²) in [4.78, 5) is 0. The average Bonchev–Trinajstić information content (AvgIpc) is 2.26. The minimum atomic E-state index is -0.0940. The molecular weight excluding hydrogens is 211 g/mol. The van der Waals surface area contributed by atoms with Gasteiger partial charge in [-0.25, -0.2) is 0 Å². The molecule has 1 aliphatic rings. The Morgan fingerprint density at radius 2 is 1.65 bits per heavy atom. The van der Waals surface area contributed by atoms with Crippen molar-refractivity contribution < 1.29 is 4.39 Å². The number of hydrogen-bond acceptors (Lipinski definition) is 0. The molecule has 0 aromatic heterocycles. The molecule has 0 heterocycles. The predicted molar refractivity (Wildman–Crippen MR) is 73.9 cm³/mol.